The standard InChI is InChI=1S/C39H56N2O4/c1-5-6-7-8-9-10-11-12-13-14-15-16-17-18-19-20-38(43)41-27-25-40(26-28-41)30-35-29-36(42)37(32-44-35)45-31-33-21-23-34(24-22-33)39(2,3)4/h9-10,12-13,15-16,21-24,29,32H,5-8,11,14,17-20,25-28,30-31H2,1-4H3/b10-9-,13-12-,16-15-. The van der Waals surface area contributed by atoms with Crippen molar-refractivity contribution in [3.8, 4) is 5.75 Å². The predicted molar refractivity (Wildman–Crippen MR) is 186 cm³/mol. The second-order valence-electron chi connectivity index (χ2n) is 13.1. The Morgan fingerprint density at radius 3 is 2.09 bits per heavy atom. The molecule has 2 aromatic rings. The number of unbranched alkanes of at least 4 members (excludes halogenated alkanes) is 5. The fraction of sp³-hybridized carbons (Fsp3) is 0.538. The van der Waals surface area contributed by atoms with Gasteiger partial charge in [-0.2, -0.15) is 0 Å². The number of ether oxygens (including phenoxy) is 1. The highest BCUT2D eigenvalue weighted by Gasteiger charge is 2.21. The Morgan fingerprint density at radius 2 is 1.49 bits per heavy atom. The van der Waals surface area contributed by atoms with Crippen molar-refractivity contribution in [3.63, 3.8) is 0 Å². The van der Waals surface area contributed by atoms with Gasteiger partial charge in [-0.15, -0.1) is 0 Å². The fourth-order valence-electron chi connectivity index (χ4n) is 5.25. The SMILES string of the molecule is CCCCC/C=C\C/C=C\C/C=C\CCCCC(=O)N1CCN(Cc2cc(=O)c(OCc3ccc(C(C)(C)C)cc3)co2)CC1. The van der Waals surface area contributed by atoms with Crippen LogP contribution in [0.3, 0.4) is 0 Å². The Labute approximate surface area is 271 Å². The average Bonchev–Trinajstić information content (AvgIpc) is 3.02. The number of hydrogen-bond donors (Lipinski definition) is 0. The maximum absolute atomic E-state index is 12.7. The zero-order valence-electron chi connectivity index (χ0n) is 28.3. The molecule has 6 nitrogen and oxygen atoms in total. The minimum Gasteiger partial charge on any atom is -0.482 e. The van der Waals surface area contributed by atoms with E-state index < -0.39 is 0 Å². The van der Waals surface area contributed by atoms with Crippen molar-refractivity contribution in [1.82, 2.24) is 9.80 Å². The first-order chi connectivity index (χ1) is 21.8. The molecule has 1 aliphatic rings. The van der Waals surface area contributed by atoms with Crippen LogP contribution in [-0.2, 0) is 23.4 Å². The summed E-state index contributed by atoms with van der Waals surface area (Å²) in [4.78, 5) is 29.5. The van der Waals surface area contributed by atoms with E-state index in [-0.39, 0.29) is 22.5 Å². The molecular weight excluding hydrogens is 560 g/mol. The summed E-state index contributed by atoms with van der Waals surface area (Å²) in [5, 5.41) is 0. The topological polar surface area (TPSA) is 63.0 Å². The van der Waals surface area contributed by atoms with E-state index in [1.165, 1.54) is 43.6 Å². The third-order valence-corrected chi connectivity index (χ3v) is 8.20. The Morgan fingerprint density at radius 1 is 0.867 bits per heavy atom. The molecule has 1 aliphatic heterocycles. The van der Waals surface area contributed by atoms with E-state index in [4.69, 9.17) is 9.15 Å². The van der Waals surface area contributed by atoms with Crippen molar-refractivity contribution in [2.45, 2.75) is 110 Å². The van der Waals surface area contributed by atoms with E-state index in [0.29, 0.717) is 38.4 Å². The molecule has 0 saturated carbocycles. The molecule has 0 aliphatic carbocycles. The smallest absolute Gasteiger partial charge is 0.227 e. The molecule has 1 amide bonds. The normalized spacial score (nSPS) is 14.7. The summed E-state index contributed by atoms with van der Waals surface area (Å²) in [5.41, 5.74) is 2.18. The molecule has 246 valence electrons. The van der Waals surface area contributed by atoms with Gasteiger partial charge in [-0.25, -0.2) is 0 Å². The van der Waals surface area contributed by atoms with Crippen LogP contribution in [0.1, 0.15) is 109 Å². The van der Waals surface area contributed by atoms with E-state index in [1.54, 1.807) is 0 Å². The Kier molecular flexibility index (Phi) is 16.0. The lowest BCUT2D eigenvalue weighted by atomic mass is 9.87. The highest BCUT2D eigenvalue weighted by Crippen LogP contribution is 2.22. The van der Waals surface area contributed by atoms with Gasteiger partial charge in [0.15, 0.2) is 0 Å². The zero-order chi connectivity index (χ0) is 32.3. The van der Waals surface area contributed by atoms with E-state index >= 15 is 0 Å². The number of rotatable bonds is 18. The van der Waals surface area contributed by atoms with Crippen molar-refractivity contribution >= 4 is 5.91 Å². The van der Waals surface area contributed by atoms with Gasteiger partial charge in [0, 0.05) is 38.7 Å². The second-order valence-corrected chi connectivity index (χ2v) is 13.1. The van der Waals surface area contributed by atoms with E-state index in [2.05, 4.69) is 81.2 Å². The van der Waals surface area contributed by atoms with Gasteiger partial charge in [-0.1, -0.05) is 101 Å². The van der Waals surface area contributed by atoms with Crippen LogP contribution in [0.5, 0.6) is 5.75 Å². The average molecular weight is 617 g/mol. The van der Waals surface area contributed by atoms with Crippen LogP contribution in [-0.4, -0.2) is 41.9 Å². The molecule has 3 rings (SSSR count). The number of hydrogen-bond acceptors (Lipinski definition) is 5. The summed E-state index contributed by atoms with van der Waals surface area (Å²) >= 11 is 0. The maximum Gasteiger partial charge on any atom is 0.227 e. The first-order valence-corrected chi connectivity index (χ1v) is 17.1. The third-order valence-electron chi connectivity index (χ3n) is 8.20. The summed E-state index contributed by atoms with van der Waals surface area (Å²) in [5.74, 6) is 1.07. The van der Waals surface area contributed by atoms with E-state index in [1.807, 2.05) is 17.0 Å². The van der Waals surface area contributed by atoms with Crippen molar-refractivity contribution in [3.05, 3.63) is 100 Å². The van der Waals surface area contributed by atoms with Gasteiger partial charge >= 0.3 is 0 Å². The molecule has 6 heteroatoms. The van der Waals surface area contributed by atoms with Gasteiger partial charge in [-0.3, -0.25) is 14.5 Å². The Balaban J connectivity index is 1.26. The molecule has 45 heavy (non-hydrogen) atoms. The monoisotopic (exact) mass is 616 g/mol. The molecule has 0 atom stereocenters. The molecule has 1 aromatic heterocycles. The largest absolute Gasteiger partial charge is 0.482 e. The Hall–Kier alpha value is -3.38. The molecule has 0 radical (unpaired) electrons. The number of amides is 1. The van der Waals surface area contributed by atoms with Gasteiger partial charge in [0.2, 0.25) is 17.1 Å². The van der Waals surface area contributed by atoms with Crippen LogP contribution in [0.4, 0.5) is 0 Å². The molecule has 1 saturated heterocycles. The van der Waals surface area contributed by atoms with Crippen molar-refractivity contribution in [2.75, 3.05) is 26.2 Å². The number of allylic oxidation sites excluding steroid dienone is 6. The van der Waals surface area contributed by atoms with Gasteiger partial charge < -0.3 is 14.1 Å². The molecular formula is C39H56N2O4. The Bertz CT molecular complexity index is 1280. The first kappa shape index (κ1) is 36.1. The molecule has 0 N–H and O–H groups in total. The maximum atomic E-state index is 12.7. The van der Waals surface area contributed by atoms with Crippen LogP contribution in [0, 0.1) is 0 Å². The molecule has 1 aromatic carbocycles. The first-order valence-electron chi connectivity index (χ1n) is 17.1. The molecule has 1 fully saturated rings. The van der Waals surface area contributed by atoms with Gasteiger partial charge in [0.25, 0.3) is 0 Å². The third kappa shape index (κ3) is 14.1. The predicted octanol–water partition coefficient (Wildman–Crippen LogP) is 8.75. The number of carbonyl (C=O) groups excluding carboxylic acids is 1. The van der Waals surface area contributed by atoms with Crippen LogP contribution >= 0.6 is 0 Å². The fourth-order valence-corrected chi connectivity index (χ4v) is 5.25. The minimum atomic E-state index is -0.177. The summed E-state index contributed by atoms with van der Waals surface area (Å²) in [6, 6.07) is 9.80. The summed E-state index contributed by atoms with van der Waals surface area (Å²) < 4.78 is 11.5. The van der Waals surface area contributed by atoms with Crippen LogP contribution in [0.2, 0.25) is 0 Å². The second kappa shape index (κ2) is 19.9. The molecule has 0 unspecified atom stereocenters. The van der Waals surface area contributed by atoms with Gasteiger partial charge in [0.1, 0.15) is 18.6 Å². The number of nitrogens with zero attached hydrogens (tertiary/aromatic N) is 2. The number of benzene rings is 1. The number of carbonyl (C=O) groups is 1. The molecule has 2 heterocycles. The molecule has 0 bridgehead atoms. The van der Waals surface area contributed by atoms with Crippen molar-refractivity contribution in [2.24, 2.45) is 0 Å². The lowest BCUT2D eigenvalue weighted by Gasteiger charge is -2.34. The molecule has 0 spiro atoms. The lowest BCUT2D eigenvalue weighted by molar-refractivity contribution is -0.133. The van der Waals surface area contributed by atoms with Crippen molar-refractivity contribution < 1.29 is 13.9 Å². The summed E-state index contributed by atoms with van der Waals surface area (Å²) in [7, 11) is 0. The van der Waals surface area contributed by atoms with Crippen LogP contribution in [0.15, 0.2) is 82.3 Å². The highest BCUT2D eigenvalue weighted by atomic mass is 16.5. The van der Waals surface area contributed by atoms with Crippen molar-refractivity contribution in [1.29, 1.82) is 0 Å². The van der Waals surface area contributed by atoms with Crippen LogP contribution in [0.25, 0.3) is 0 Å². The van der Waals surface area contributed by atoms with Gasteiger partial charge in [0.05, 0.1) is 6.54 Å². The quantitative estimate of drug-likeness (QED) is 0.124. The lowest BCUT2D eigenvalue weighted by Crippen LogP contribution is -2.48. The summed E-state index contributed by atoms with van der Waals surface area (Å²) in [6.07, 6.45) is 25.5. The zero-order valence-corrected chi connectivity index (χ0v) is 28.3. The number of piperazine rings is 1. The van der Waals surface area contributed by atoms with E-state index in [0.717, 1.165) is 50.8 Å². The van der Waals surface area contributed by atoms with Gasteiger partial charge in [-0.05, 0) is 61.5 Å². The minimum absolute atomic E-state index is 0.0962. The highest BCUT2D eigenvalue weighted by molar-refractivity contribution is 5.76. The van der Waals surface area contributed by atoms with E-state index in [9.17, 15) is 9.59 Å². The van der Waals surface area contributed by atoms with Crippen LogP contribution < -0.4 is 10.2 Å². The summed E-state index contributed by atoms with van der Waals surface area (Å²) in [6.45, 7) is 12.6.